The van der Waals surface area contributed by atoms with Crippen LogP contribution >= 0.6 is 23.2 Å². The fourth-order valence-corrected chi connectivity index (χ4v) is 4.94. The average Bonchev–Trinajstić information content (AvgIpc) is 3.24. The Bertz CT molecular complexity index is 1170. The van der Waals surface area contributed by atoms with Gasteiger partial charge in [0.1, 0.15) is 11.6 Å². The summed E-state index contributed by atoms with van der Waals surface area (Å²) in [6, 6.07) is 5.93. The van der Waals surface area contributed by atoms with E-state index in [9.17, 15) is 14.4 Å². The van der Waals surface area contributed by atoms with E-state index in [1.165, 1.54) is 0 Å². The van der Waals surface area contributed by atoms with E-state index in [2.05, 4.69) is 5.32 Å². The molecule has 0 spiro atoms. The average molecular weight is 478 g/mol. The molecule has 2 heterocycles. The third-order valence-electron chi connectivity index (χ3n) is 5.75. The van der Waals surface area contributed by atoms with Gasteiger partial charge in [-0.25, -0.2) is 4.79 Å². The molecule has 0 saturated heterocycles. The SMILES string of the molecule is NC[C@H](NC(=O)C1=C(Cl)C2=C(CC1Cl)CN(C(=O)c1ccc3ccoc3c1)CC2)C(=O)O. The van der Waals surface area contributed by atoms with Crippen molar-refractivity contribution in [3.63, 3.8) is 0 Å². The minimum absolute atomic E-state index is 0.128. The maximum absolute atomic E-state index is 13.0. The van der Waals surface area contributed by atoms with Crippen LogP contribution in [0.25, 0.3) is 11.0 Å². The van der Waals surface area contributed by atoms with Crippen LogP contribution in [0.5, 0.6) is 0 Å². The lowest BCUT2D eigenvalue weighted by molar-refractivity contribution is -0.141. The van der Waals surface area contributed by atoms with Crippen molar-refractivity contribution in [2.75, 3.05) is 19.6 Å². The second-order valence-corrected chi connectivity index (χ2v) is 8.64. The van der Waals surface area contributed by atoms with Gasteiger partial charge in [-0.3, -0.25) is 9.59 Å². The highest BCUT2D eigenvalue weighted by Gasteiger charge is 2.36. The molecule has 2 aliphatic rings. The molecule has 0 saturated carbocycles. The standard InChI is InChI=1S/C22H21Cl2N3O5/c23-15-7-13-10-27(21(29)12-2-1-11-4-6-32-17(11)8-12)5-3-14(13)19(24)18(15)20(28)26-16(9-25)22(30)31/h1-2,4,6,8,15-16H,3,5,7,9-10,25H2,(H,26,28)(H,30,31)/t15?,16-/m0/s1. The van der Waals surface area contributed by atoms with Gasteiger partial charge in [0.2, 0.25) is 0 Å². The lowest BCUT2D eigenvalue weighted by Crippen LogP contribution is -2.47. The van der Waals surface area contributed by atoms with Gasteiger partial charge < -0.3 is 25.5 Å². The summed E-state index contributed by atoms with van der Waals surface area (Å²) in [7, 11) is 0. The normalized spacial score (nSPS) is 19.7. The topological polar surface area (TPSA) is 126 Å². The van der Waals surface area contributed by atoms with E-state index >= 15 is 0 Å². The zero-order chi connectivity index (χ0) is 23.0. The molecule has 1 aliphatic carbocycles. The number of fused-ring (bicyclic) bond motifs is 1. The molecule has 1 aliphatic heterocycles. The number of rotatable bonds is 5. The Labute approximate surface area is 193 Å². The van der Waals surface area contributed by atoms with E-state index in [1.807, 2.05) is 12.1 Å². The largest absolute Gasteiger partial charge is 0.480 e. The van der Waals surface area contributed by atoms with E-state index in [1.54, 1.807) is 23.3 Å². The lowest BCUT2D eigenvalue weighted by Gasteiger charge is -2.35. The first-order valence-electron chi connectivity index (χ1n) is 10.1. The van der Waals surface area contributed by atoms with Gasteiger partial charge in [-0.05, 0) is 42.2 Å². The lowest BCUT2D eigenvalue weighted by atomic mass is 9.86. The predicted octanol–water partition coefficient (Wildman–Crippen LogP) is 2.61. The number of furan rings is 1. The van der Waals surface area contributed by atoms with E-state index in [0.717, 1.165) is 16.5 Å². The number of allylic oxidation sites excluding steroid dienone is 1. The van der Waals surface area contributed by atoms with Gasteiger partial charge in [-0.1, -0.05) is 17.7 Å². The highest BCUT2D eigenvalue weighted by Crippen LogP contribution is 2.40. The maximum Gasteiger partial charge on any atom is 0.327 e. The van der Waals surface area contributed by atoms with Gasteiger partial charge in [0, 0.05) is 30.6 Å². The number of carbonyl (C=O) groups is 3. The number of nitrogens with two attached hydrogens (primary N) is 1. The number of nitrogens with one attached hydrogen (secondary N) is 1. The van der Waals surface area contributed by atoms with Gasteiger partial charge in [0.15, 0.2) is 0 Å². The molecule has 0 fully saturated rings. The van der Waals surface area contributed by atoms with Crippen molar-refractivity contribution in [1.82, 2.24) is 10.2 Å². The van der Waals surface area contributed by atoms with Gasteiger partial charge in [0.25, 0.3) is 11.8 Å². The molecule has 4 N–H and O–H groups in total. The molecule has 32 heavy (non-hydrogen) atoms. The molecule has 1 aromatic heterocycles. The number of hydrogen-bond acceptors (Lipinski definition) is 5. The summed E-state index contributed by atoms with van der Waals surface area (Å²) in [4.78, 5) is 38.6. The summed E-state index contributed by atoms with van der Waals surface area (Å²) in [5.41, 5.74) is 8.38. The molecule has 0 radical (unpaired) electrons. The molecule has 8 nitrogen and oxygen atoms in total. The van der Waals surface area contributed by atoms with Crippen molar-refractivity contribution in [2.24, 2.45) is 5.73 Å². The smallest absolute Gasteiger partial charge is 0.327 e. The summed E-state index contributed by atoms with van der Waals surface area (Å²) >= 11 is 13.0. The predicted molar refractivity (Wildman–Crippen MR) is 120 cm³/mol. The Hall–Kier alpha value is -2.81. The summed E-state index contributed by atoms with van der Waals surface area (Å²) in [6.45, 7) is 0.513. The number of halogens is 2. The van der Waals surface area contributed by atoms with Crippen LogP contribution in [-0.2, 0) is 9.59 Å². The monoisotopic (exact) mass is 477 g/mol. The fourth-order valence-electron chi connectivity index (χ4n) is 4.04. The molecule has 1 aromatic carbocycles. The number of alkyl halides is 1. The Morgan fingerprint density at radius 2 is 2.09 bits per heavy atom. The van der Waals surface area contributed by atoms with Crippen LogP contribution in [0, 0.1) is 0 Å². The van der Waals surface area contributed by atoms with Crippen molar-refractivity contribution in [3.8, 4) is 0 Å². The van der Waals surface area contributed by atoms with Gasteiger partial charge in [-0.2, -0.15) is 0 Å². The number of carbonyl (C=O) groups excluding carboxylic acids is 2. The molecule has 168 valence electrons. The quantitative estimate of drug-likeness (QED) is 0.568. The zero-order valence-electron chi connectivity index (χ0n) is 16.9. The minimum atomic E-state index is -1.24. The number of nitrogens with zero attached hydrogens (tertiary/aromatic N) is 1. The van der Waals surface area contributed by atoms with Crippen molar-refractivity contribution in [2.45, 2.75) is 24.3 Å². The number of aliphatic carboxylic acids is 1. The van der Waals surface area contributed by atoms with E-state index in [-0.39, 0.29) is 23.1 Å². The van der Waals surface area contributed by atoms with Crippen LogP contribution < -0.4 is 11.1 Å². The summed E-state index contributed by atoms with van der Waals surface area (Å²) in [5, 5.41) is 11.9. The molecule has 2 atom stereocenters. The number of carboxylic acid groups (broad SMARTS) is 1. The highest BCUT2D eigenvalue weighted by atomic mass is 35.5. The molecule has 1 unspecified atom stereocenters. The van der Waals surface area contributed by atoms with Gasteiger partial charge in [0.05, 0.1) is 22.2 Å². The first kappa shape index (κ1) is 22.4. The summed E-state index contributed by atoms with van der Waals surface area (Å²) in [5.74, 6) is -2.01. The minimum Gasteiger partial charge on any atom is -0.480 e. The third-order valence-corrected chi connectivity index (χ3v) is 6.56. The maximum atomic E-state index is 13.0. The third kappa shape index (κ3) is 4.13. The van der Waals surface area contributed by atoms with E-state index < -0.39 is 23.3 Å². The van der Waals surface area contributed by atoms with E-state index in [4.69, 9.17) is 38.5 Å². The molecular weight excluding hydrogens is 457 g/mol. The van der Waals surface area contributed by atoms with Crippen LogP contribution in [-0.4, -0.2) is 58.8 Å². The zero-order valence-corrected chi connectivity index (χ0v) is 18.4. The number of amides is 2. The molecule has 0 bridgehead atoms. The van der Waals surface area contributed by atoms with Gasteiger partial charge >= 0.3 is 5.97 Å². The number of hydrogen-bond donors (Lipinski definition) is 3. The molecule has 10 heteroatoms. The Morgan fingerprint density at radius 1 is 1.31 bits per heavy atom. The van der Waals surface area contributed by atoms with Crippen LogP contribution in [0.4, 0.5) is 0 Å². The second kappa shape index (κ2) is 8.97. The van der Waals surface area contributed by atoms with Crippen LogP contribution in [0.3, 0.4) is 0 Å². The summed E-state index contributed by atoms with van der Waals surface area (Å²) in [6.07, 6.45) is 2.37. The van der Waals surface area contributed by atoms with Gasteiger partial charge in [-0.15, -0.1) is 11.6 Å². The van der Waals surface area contributed by atoms with Crippen LogP contribution in [0.1, 0.15) is 23.2 Å². The Kier molecular flexibility index (Phi) is 6.28. The Balaban J connectivity index is 1.55. The van der Waals surface area contributed by atoms with Crippen LogP contribution in [0.15, 0.2) is 56.7 Å². The summed E-state index contributed by atoms with van der Waals surface area (Å²) < 4.78 is 5.39. The van der Waals surface area contributed by atoms with Crippen molar-refractivity contribution >= 4 is 52.0 Å². The Morgan fingerprint density at radius 3 is 2.81 bits per heavy atom. The van der Waals surface area contributed by atoms with Crippen molar-refractivity contribution in [3.05, 3.63) is 57.8 Å². The molecular formula is C22H21Cl2N3O5. The van der Waals surface area contributed by atoms with Crippen molar-refractivity contribution in [1.29, 1.82) is 0 Å². The number of carboxylic acids is 1. The second-order valence-electron chi connectivity index (χ2n) is 7.73. The van der Waals surface area contributed by atoms with Crippen molar-refractivity contribution < 1.29 is 23.9 Å². The molecule has 2 aromatic rings. The van der Waals surface area contributed by atoms with Crippen LogP contribution in [0.2, 0.25) is 0 Å². The van der Waals surface area contributed by atoms with E-state index in [0.29, 0.717) is 37.1 Å². The fraction of sp³-hybridized carbons (Fsp3) is 0.318. The first-order valence-corrected chi connectivity index (χ1v) is 10.9. The number of benzene rings is 1. The molecule has 4 rings (SSSR count). The molecule has 2 amide bonds. The highest BCUT2D eigenvalue weighted by molar-refractivity contribution is 6.37. The first-order chi connectivity index (χ1) is 15.3.